The van der Waals surface area contributed by atoms with Gasteiger partial charge in [0.1, 0.15) is 0 Å². The van der Waals surface area contributed by atoms with Crippen molar-refractivity contribution in [3.63, 3.8) is 0 Å². The molecule has 10 heteroatoms. The fourth-order valence-electron chi connectivity index (χ4n) is 3.53. The standard InChI is InChI=1S/C23H16Cl2F3NO2S2/c24-16-4-6-19-15(10-16)12-32-22-11-17(25)5-7-20(22)21(19)9-14-2-1-3-18(8-14)29-33(30,31)13-23(26,27)28/h1-11,29H,12-13H2. The summed E-state index contributed by atoms with van der Waals surface area (Å²) in [7, 11) is -4.58. The molecule has 172 valence electrons. The molecule has 33 heavy (non-hydrogen) atoms. The van der Waals surface area contributed by atoms with Crippen molar-refractivity contribution < 1.29 is 21.6 Å². The van der Waals surface area contributed by atoms with Crippen LogP contribution in [0.4, 0.5) is 18.9 Å². The molecule has 3 aromatic carbocycles. The van der Waals surface area contributed by atoms with Gasteiger partial charge >= 0.3 is 6.18 Å². The van der Waals surface area contributed by atoms with E-state index in [1.54, 1.807) is 36.0 Å². The van der Waals surface area contributed by atoms with Crippen LogP contribution in [0, 0.1) is 0 Å². The van der Waals surface area contributed by atoms with Crippen LogP contribution in [-0.2, 0) is 15.8 Å². The lowest BCUT2D eigenvalue weighted by molar-refractivity contribution is -0.106. The third kappa shape index (κ3) is 6.06. The summed E-state index contributed by atoms with van der Waals surface area (Å²) in [5.74, 6) is -1.28. The number of halogens is 5. The zero-order valence-electron chi connectivity index (χ0n) is 16.8. The number of hydrogen-bond donors (Lipinski definition) is 1. The van der Waals surface area contributed by atoms with Gasteiger partial charge in [0.2, 0.25) is 10.0 Å². The molecule has 0 aliphatic carbocycles. The van der Waals surface area contributed by atoms with E-state index in [0.29, 0.717) is 21.4 Å². The van der Waals surface area contributed by atoms with Crippen LogP contribution < -0.4 is 4.72 Å². The van der Waals surface area contributed by atoms with Crippen LogP contribution in [0.5, 0.6) is 0 Å². The Labute approximate surface area is 203 Å². The van der Waals surface area contributed by atoms with Gasteiger partial charge in [0, 0.05) is 26.4 Å². The second kappa shape index (κ2) is 9.25. The van der Waals surface area contributed by atoms with Crippen molar-refractivity contribution in [2.24, 2.45) is 0 Å². The molecule has 1 heterocycles. The molecule has 0 unspecified atom stereocenters. The predicted octanol–water partition coefficient (Wildman–Crippen LogP) is 7.49. The lowest BCUT2D eigenvalue weighted by atomic mass is 9.92. The first-order valence-electron chi connectivity index (χ1n) is 9.60. The van der Waals surface area contributed by atoms with E-state index >= 15 is 0 Å². The molecule has 0 aromatic heterocycles. The van der Waals surface area contributed by atoms with Gasteiger partial charge in [-0.1, -0.05) is 47.5 Å². The van der Waals surface area contributed by atoms with Crippen LogP contribution in [0.2, 0.25) is 10.0 Å². The van der Waals surface area contributed by atoms with Crippen molar-refractivity contribution >= 4 is 62.3 Å². The van der Waals surface area contributed by atoms with Crippen LogP contribution in [0.25, 0.3) is 11.6 Å². The van der Waals surface area contributed by atoms with Gasteiger partial charge in [-0.3, -0.25) is 4.72 Å². The Morgan fingerprint density at radius 3 is 2.39 bits per heavy atom. The molecule has 0 atom stereocenters. The molecule has 1 N–H and O–H groups in total. The Morgan fingerprint density at radius 1 is 0.970 bits per heavy atom. The topological polar surface area (TPSA) is 46.2 Å². The molecule has 0 saturated carbocycles. The fraction of sp³-hybridized carbons (Fsp3) is 0.130. The van der Waals surface area contributed by atoms with Gasteiger partial charge in [-0.25, -0.2) is 8.42 Å². The van der Waals surface area contributed by atoms with Gasteiger partial charge < -0.3 is 0 Å². The summed E-state index contributed by atoms with van der Waals surface area (Å²) in [5, 5.41) is 1.21. The average molecular weight is 530 g/mol. The maximum absolute atomic E-state index is 12.6. The summed E-state index contributed by atoms with van der Waals surface area (Å²) in [6.45, 7) is 0. The Hall–Kier alpha value is -2.13. The van der Waals surface area contributed by atoms with E-state index in [9.17, 15) is 21.6 Å². The van der Waals surface area contributed by atoms with Gasteiger partial charge in [0.15, 0.2) is 5.75 Å². The molecule has 0 fully saturated rings. The summed E-state index contributed by atoms with van der Waals surface area (Å²) in [4.78, 5) is 0.975. The Morgan fingerprint density at radius 2 is 1.67 bits per heavy atom. The number of sulfonamides is 1. The van der Waals surface area contributed by atoms with Gasteiger partial charge in [0.05, 0.1) is 0 Å². The van der Waals surface area contributed by atoms with E-state index < -0.39 is 22.0 Å². The second-order valence-electron chi connectivity index (χ2n) is 7.39. The Bertz CT molecular complexity index is 1300. The van der Waals surface area contributed by atoms with Crippen molar-refractivity contribution in [1.29, 1.82) is 0 Å². The third-order valence-corrected chi connectivity index (χ3v) is 7.63. The summed E-state index contributed by atoms with van der Waals surface area (Å²) < 4.78 is 63.5. The van der Waals surface area contributed by atoms with E-state index in [1.165, 1.54) is 12.1 Å². The maximum atomic E-state index is 12.6. The minimum Gasteiger partial charge on any atom is -0.283 e. The van der Waals surface area contributed by atoms with E-state index in [1.807, 2.05) is 35.1 Å². The van der Waals surface area contributed by atoms with E-state index in [-0.39, 0.29) is 5.69 Å². The van der Waals surface area contributed by atoms with E-state index in [2.05, 4.69) is 0 Å². The highest BCUT2D eigenvalue weighted by Gasteiger charge is 2.35. The van der Waals surface area contributed by atoms with E-state index in [4.69, 9.17) is 23.2 Å². The largest absolute Gasteiger partial charge is 0.404 e. The van der Waals surface area contributed by atoms with Crippen LogP contribution in [0.3, 0.4) is 0 Å². The minimum absolute atomic E-state index is 0.0456. The zero-order chi connectivity index (χ0) is 23.8. The smallest absolute Gasteiger partial charge is 0.283 e. The average Bonchev–Trinajstić information content (AvgIpc) is 2.83. The van der Waals surface area contributed by atoms with E-state index in [0.717, 1.165) is 27.2 Å². The van der Waals surface area contributed by atoms with Crippen LogP contribution in [0.1, 0.15) is 22.3 Å². The lowest BCUT2D eigenvalue weighted by Crippen LogP contribution is -2.27. The minimum atomic E-state index is -4.83. The lowest BCUT2D eigenvalue weighted by Gasteiger charge is -2.13. The number of nitrogens with one attached hydrogen (secondary N) is 1. The normalized spacial score (nSPS) is 15.0. The van der Waals surface area contributed by atoms with Crippen LogP contribution in [0.15, 0.2) is 65.6 Å². The molecule has 1 aliphatic rings. The first-order chi connectivity index (χ1) is 15.5. The molecular formula is C23H16Cl2F3NO2S2. The highest BCUT2D eigenvalue weighted by molar-refractivity contribution is 7.98. The summed E-state index contributed by atoms with van der Waals surface area (Å²) >= 11 is 14.0. The monoisotopic (exact) mass is 529 g/mol. The summed E-state index contributed by atoms with van der Waals surface area (Å²) in [5.41, 5.74) is 4.45. The molecule has 0 amide bonds. The molecule has 3 nitrogen and oxygen atoms in total. The van der Waals surface area contributed by atoms with Gasteiger partial charge in [-0.15, -0.1) is 11.8 Å². The maximum Gasteiger partial charge on any atom is 0.404 e. The molecule has 0 saturated heterocycles. The fourth-order valence-corrected chi connectivity index (χ4v) is 6.04. The number of anilines is 1. The highest BCUT2D eigenvalue weighted by atomic mass is 35.5. The number of thioether (sulfide) groups is 1. The SMILES string of the molecule is O=S(=O)(CC(F)(F)F)Nc1cccc(C=C2c3ccc(Cl)cc3CSc3cc(Cl)ccc32)c1. The van der Waals surface area contributed by atoms with Crippen molar-refractivity contribution in [3.05, 3.63) is 93.0 Å². The molecule has 0 bridgehead atoms. The first-order valence-corrected chi connectivity index (χ1v) is 13.0. The third-order valence-electron chi connectivity index (χ3n) is 4.80. The molecular weight excluding hydrogens is 514 g/mol. The summed E-state index contributed by atoms with van der Waals surface area (Å²) in [6, 6.07) is 17.4. The molecule has 0 radical (unpaired) electrons. The molecule has 4 rings (SSSR count). The number of benzene rings is 3. The number of rotatable bonds is 4. The predicted molar refractivity (Wildman–Crippen MR) is 129 cm³/mol. The van der Waals surface area contributed by atoms with Crippen molar-refractivity contribution in [2.75, 3.05) is 10.5 Å². The van der Waals surface area contributed by atoms with Gasteiger partial charge in [-0.05, 0) is 70.3 Å². The van der Waals surface area contributed by atoms with Crippen molar-refractivity contribution in [2.45, 2.75) is 16.8 Å². The number of alkyl halides is 3. The Kier molecular flexibility index (Phi) is 6.73. The van der Waals surface area contributed by atoms with Gasteiger partial charge in [-0.2, -0.15) is 13.2 Å². The second-order valence-corrected chi connectivity index (χ2v) is 11.0. The van der Waals surface area contributed by atoms with Crippen molar-refractivity contribution in [1.82, 2.24) is 0 Å². The molecule has 1 aliphatic heterocycles. The van der Waals surface area contributed by atoms with Crippen molar-refractivity contribution in [3.8, 4) is 0 Å². The Balaban J connectivity index is 1.78. The van der Waals surface area contributed by atoms with Gasteiger partial charge in [0.25, 0.3) is 0 Å². The highest BCUT2D eigenvalue weighted by Crippen LogP contribution is 2.42. The molecule has 3 aromatic rings. The molecule has 0 spiro atoms. The quantitative estimate of drug-likeness (QED) is 0.380. The summed E-state index contributed by atoms with van der Waals surface area (Å²) in [6.07, 6.45) is -2.97. The number of fused-ring (bicyclic) bond motifs is 2. The van der Waals surface area contributed by atoms with Crippen LogP contribution >= 0.6 is 35.0 Å². The van der Waals surface area contributed by atoms with Crippen LogP contribution in [-0.4, -0.2) is 20.3 Å². The number of hydrogen-bond acceptors (Lipinski definition) is 3. The zero-order valence-corrected chi connectivity index (χ0v) is 19.9. The first kappa shape index (κ1) is 24.0.